The summed E-state index contributed by atoms with van der Waals surface area (Å²) >= 11 is 0. The Morgan fingerprint density at radius 2 is 1.67 bits per heavy atom. The van der Waals surface area contributed by atoms with Crippen molar-refractivity contribution < 1.29 is 14.7 Å². The fraction of sp³-hybridized carbons (Fsp3) is 0.867. The Bertz CT molecular complexity index is 372. The van der Waals surface area contributed by atoms with Crippen molar-refractivity contribution in [1.82, 2.24) is 14.7 Å². The summed E-state index contributed by atoms with van der Waals surface area (Å²) in [6.45, 7) is 3.79. The van der Waals surface area contributed by atoms with Crippen LogP contribution >= 0.6 is 0 Å². The Kier molecular flexibility index (Phi) is 5.58. The molecule has 1 amide bonds. The van der Waals surface area contributed by atoms with E-state index >= 15 is 0 Å². The largest absolute Gasteiger partial charge is 0.481 e. The highest BCUT2D eigenvalue weighted by molar-refractivity contribution is 5.79. The Labute approximate surface area is 126 Å². The first-order valence-corrected chi connectivity index (χ1v) is 7.86. The Morgan fingerprint density at radius 1 is 1.10 bits per heavy atom. The van der Waals surface area contributed by atoms with E-state index in [1.54, 1.807) is 0 Å². The number of carbonyl (C=O) groups excluding carboxylic acids is 1. The van der Waals surface area contributed by atoms with Gasteiger partial charge in [-0.1, -0.05) is 0 Å². The zero-order valence-electron chi connectivity index (χ0n) is 13.1. The zero-order valence-corrected chi connectivity index (χ0v) is 13.1. The molecule has 2 saturated heterocycles. The van der Waals surface area contributed by atoms with Gasteiger partial charge in [-0.2, -0.15) is 0 Å². The molecule has 2 fully saturated rings. The first-order valence-electron chi connectivity index (χ1n) is 7.86. The summed E-state index contributed by atoms with van der Waals surface area (Å²) in [5.74, 6) is -0.869. The van der Waals surface area contributed by atoms with Crippen molar-refractivity contribution >= 4 is 11.9 Å². The lowest BCUT2D eigenvalue weighted by Crippen LogP contribution is -2.48. The monoisotopic (exact) mass is 297 g/mol. The van der Waals surface area contributed by atoms with E-state index in [1.165, 1.54) is 0 Å². The summed E-state index contributed by atoms with van der Waals surface area (Å²) in [5, 5.41) is 8.98. The van der Waals surface area contributed by atoms with Gasteiger partial charge in [0.1, 0.15) is 0 Å². The number of hydrogen-bond donors (Lipinski definition) is 1. The molecule has 2 heterocycles. The van der Waals surface area contributed by atoms with Crippen molar-refractivity contribution in [3.63, 3.8) is 0 Å². The number of carboxylic acids is 1. The standard InChI is InChI=1S/C15H27N3O3/c1-16-7-5-13(6-8-16)17(2)11-14(19)18-9-3-12(4-10-18)15(20)21/h12-13H,3-11H2,1-2H3,(H,20,21). The number of piperidine rings is 2. The Balaban J connectivity index is 1.75. The van der Waals surface area contributed by atoms with E-state index in [0.717, 1.165) is 25.9 Å². The number of amides is 1. The van der Waals surface area contributed by atoms with E-state index in [1.807, 2.05) is 11.9 Å². The highest BCUT2D eigenvalue weighted by atomic mass is 16.4. The van der Waals surface area contributed by atoms with Gasteiger partial charge in [-0.05, 0) is 52.9 Å². The van der Waals surface area contributed by atoms with Crippen LogP contribution in [0.2, 0.25) is 0 Å². The van der Waals surface area contributed by atoms with Crippen LogP contribution in [0.4, 0.5) is 0 Å². The normalized spacial score (nSPS) is 22.7. The third-order valence-corrected chi connectivity index (χ3v) is 4.89. The second-order valence-corrected chi connectivity index (χ2v) is 6.44. The van der Waals surface area contributed by atoms with Crippen LogP contribution in [0, 0.1) is 5.92 Å². The molecule has 120 valence electrons. The number of aliphatic carboxylic acids is 1. The van der Waals surface area contributed by atoms with Gasteiger partial charge in [0.15, 0.2) is 0 Å². The smallest absolute Gasteiger partial charge is 0.306 e. The first-order chi connectivity index (χ1) is 9.97. The molecule has 0 saturated carbocycles. The van der Waals surface area contributed by atoms with Crippen LogP contribution in [0.1, 0.15) is 25.7 Å². The van der Waals surface area contributed by atoms with Crippen LogP contribution in [-0.2, 0) is 9.59 Å². The molecule has 0 aromatic heterocycles. The number of rotatable bonds is 4. The molecule has 0 unspecified atom stereocenters. The fourth-order valence-electron chi connectivity index (χ4n) is 3.25. The number of carboxylic acid groups (broad SMARTS) is 1. The minimum absolute atomic E-state index is 0.139. The summed E-state index contributed by atoms with van der Waals surface area (Å²) in [5.41, 5.74) is 0. The quantitative estimate of drug-likeness (QED) is 0.810. The summed E-state index contributed by atoms with van der Waals surface area (Å²) in [6.07, 6.45) is 3.39. The lowest BCUT2D eigenvalue weighted by atomic mass is 9.97. The topological polar surface area (TPSA) is 64.1 Å². The van der Waals surface area contributed by atoms with Gasteiger partial charge < -0.3 is 14.9 Å². The van der Waals surface area contributed by atoms with Crippen LogP contribution in [-0.4, -0.2) is 84.5 Å². The number of likely N-dealkylation sites (tertiary alicyclic amines) is 2. The number of hydrogen-bond acceptors (Lipinski definition) is 4. The molecule has 0 aromatic rings. The third-order valence-electron chi connectivity index (χ3n) is 4.89. The van der Waals surface area contributed by atoms with Crippen molar-refractivity contribution in [3.05, 3.63) is 0 Å². The van der Waals surface area contributed by atoms with Gasteiger partial charge in [0.05, 0.1) is 12.5 Å². The number of likely N-dealkylation sites (N-methyl/N-ethyl adjacent to an activating group) is 1. The second-order valence-electron chi connectivity index (χ2n) is 6.44. The Hall–Kier alpha value is -1.14. The van der Waals surface area contributed by atoms with Crippen molar-refractivity contribution in [3.8, 4) is 0 Å². The van der Waals surface area contributed by atoms with Gasteiger partial charge in [-0.15, -0.1) is 0 Å². The zero-order chi connectivity index (χ0) is 15.4. The average Bonchev–Trinajstić information content (AvgIpc) is 2.47. The van der Waals surface area contributed by atoms with E-state index in [9.17, 15) is 9.59 Å². The van der Waals surface area contributed by atoms with E-state index in [2.05, 4.69) is 16.8 Å². The molecule has 0 bridgehead atoms. The minimum Gasteiger partial charge on any atom is -0.481 e. The fourth-order valence-corrected chi connectivity index (χ4v) is 3.25. The maximum Gasteiger partial charge on any atom is 0.306 e. The molecule has 0 radical (unpaired) electrons. The van der Waals surface area contributed by atoms with Crippen molar-refractivity contribution in [2.45, 2.75) is 31.7 Å². The number of nitrogens with zero attached hydrogens (tertiary/aromatic N) is 3. The molecule has 2 rings (SSSR count). The third kappa shape index (κ3) is 4.41. The molecular weight excluding hydrogens is 270 g/mol. The molecule has 2 aliphatic rings. The molecule has 0 aromatic carbocycles. The van der Waals surface area contributed by atoms with Gasteiger partial charge in [0.2, 0.25) is 5.91 Å². The maximum atomic E-state index is 12.3. The van der Waals surface area contributed by atoms with Crippen LogP contribution in [0.3, 0.4) is 0 Å². The van der Waals surface area contributed by atoms with E-state index in [4.69, 9.17) is 5.11 Å². The maximum absolute atomic E-state index is 12.3. The minimum atomic E-state index is -0.731. The molecule has 2 aliphatic heterocycles. The molecule has 1 N–H and O–H groups in total. The summed E-state index contributed by atoms with van der Waals surface area (Å²) in [7, 11) is 4.16. The summed E-state index contributed by atoms with van der Waals surface area (Å²) < 4.78 is 0. The van der Waals surface area contributed by atoms with Crippen molar-refractivity contribution in [2.75, 3.05) is 46.8 Å². The number of carbonyl (C=O) groups is 2. The van der Waals surface area contributed by atoms with E-state index in [0.29, 0.717) is 38.5 Å². The van der Waals surface area contributed by atoms with Crippen LogP contribution < -0.4 is 0 Å². The van der Waals surface area contributed by atoms with E-state index < -0.39 is 5.97 Å². The van der Waals surface area contributed by atoms with Crippen molar-refractivity contribution in [2.24, 2.45) is 5.92 Å². The van der Waals surface area contributed by atoms with Gasteiger partial charge >= 0.3 is 5.97 Å². The van der Waals surface area contributed by atoms with Crippen molar-refractivity contribution in [1.29, 1.82) is 0 Å². The molecule has 0 spiro atoms. The van der Waals surface area contributed by atoms with E-state index in [-0.39, 0.29) is 11.8 Å². The Morgan fingerprint density at radius 3 is 2.19 bits per heavy atom. The lowest BCUT2D eigenvalue weighted by Gasteiger charge is -2.36. The molecule has 21 heavy (non-hydrogen) atoms. The molecule has 6 heteroatoms. The summed E-state index contributed by atoms with van der Waals surface area (Å²) in [4.78, 5) is 29.6. The average molecular weight is 297 g/mol. The van der Waals surface area contributed by atoms with Gasteiger partial charge in [-0.3, -0.25) is 14.5 Å². The highest BCUT2D eigenvalue weighted by Crippen LogP contribution is 2.18. The van der Waals surface area contributed by atoms with Crippen LogP contribution in [0.25, 0.3) is 0 Å². The second kappa shape index (κ2) is 7.22. The molecular formula is C15H27N3O3. The molecule has 0 aliphatic carbocycles. The molecule has 6 nitrogen and oxygen atoms in total. The summed E-state index contributed by atoms with van der Waals surface area (Å²) in [6, 6.07) is 0.488. The van der Waals surface area contributed by atoms with Crippen LogP contribution in [0.15, 0.2) is 0 Å². The van der Waals surface area contributed by atoms with Gasteiger partial charge in [-0.25, -0.2) is 0 Å². The lowest BCUT2D eigenvalue weighted by molar-refractivity contribution is -0.146. The first kappa shape index (κ1) is 16.2. The van der Waals surface area contributed by atoms with Gasteiger partial charge in [0, 0.05) is 19.1 Å². The van der Waals surface area contributed by atoms with Gasteiger partial charge in [0.25, 0.3) is 0 Å². The highest BCUT2D eigenvalue weighted by Gasteiger charge is 2.28. The predicted molar refractivity (Wildman–Crippen MR) is 80.1 cm³/mol. The SMILES string of the molecule is CN1CCC(N(C)CC(=O)N2CCC(C(=O)O)CC2)CC1. The molecule has 0 atom stereocenters. The predicted octanol–water partition coefficient (Wildman–Crippen LogP) is 0.336. The van der Waals surface area contributed by atoms with Crippen LogP contribution in [0.5, 0.6) is 0 Å².